The third-order valence-electron chi connectivity index (χ3n) is 4.60. The second kappa shape index (κ2) is 6.89. The van der Waals surface area contributed by atoms with Gasteiger partial charge in [0, 0.05) is 24.7 Å². The molecule has 1 aromatic carbocycles. The lowest BCUT2D eigenvalue weighted by Gasteiger charge is -2.35. The number of rotatable bonds is 4. The molecular formula is C17H26N2O. The van der Waals surface area contributed by atoms with Gasteiger partial charge in [0.15, 0.2) is 0 Å². The van der Waals surface area contributed by atoms with Crippen molar-refractivity contribution in [2.45, 2.75) is 51.1 Å². The Balaban J connectivity index is 2.05. The molecule has 1 saturated carbocycles. The maximum absolute atomic E-state index is 12.7. The zero-order valence-electron chi connectivity index (χ0n) is 12.9. The standard InChI is InChI=1S/C17H26N2O/c1-4-13-7-5-6-8-16(13)17(20)19(3)15-11-9-14(18-2)10-12-15/h5-8,14-15,18H,4,9-12H2,1-3H3. The van der Waals surface area contributed by atoms with E-state index in [-0.39, 0.29) is 5.91 Å². The van der Waals surface area contributed by atoms with Crippen molar-refractivity contribution in [1.82, 2.24) is 10.2 Å². The van der Waals surface area contributed by atoms with E-state index in [1.807, 2.05) is 37.2 Å². The molecule has 1 aliphatic rings. The predicted octanol–water partition coefficient (Wildman–Crippen LogP) is 2.85. The number of aryl methyl sites for hydroxylation is 1. The Morgan fingerprint density at radius 2 is 1.90 bits per heavy atom. The Kier molecular flexibility index (Phi) is 5.18. The van der Waals surface area contributed by atoms with Gasteiger partial charge in [0.2, 0.25) is 0 Å². The van der Waals surface area contributed by atoms with Crippen LogP contribution in [0.1, 0.15) is 48.5 Å². The molecule has 3 nitrogen and oxygen atoms in total. The highest BCUT2D eigenvalue weighted by Crippen LogP contribution is 2.24. The number of amides is 1. The molecule has 1 amide bonds. The van der Waals surface area contributed by atoms with E-state index in [2.05, 4.69) is 18.3 Å². The van der Waals surface area contributed by atoms with E-state index in [0.717, 1.165) is 43.2 Å². The first-order valence-corrected chi connectivity index (χ1v) is 7.69. The van der Waals surface area contributed by atoms with Crippen molar-refractivity contribution in [2.24, 2.45) is 0 Å². The summed E-state index contributed by atoms with van der Waals surface area (Å²) in [5.74, 6) is 0.176. The smallest absolute Gasteiger partial charge is 0.254 e. The quantitative estimate of drug-likeness (QED) is 0.915. The van der Waals surface area contributed by atoms with Crippen LogP contribution < -0.4 is 5.32 Å². The number of hydrogen-bond acceptors (Lipinski definition) is 2. The molecule has 0 heterocycles. The lowest BCUT2D eigenvalue weighted by atomic mass is 9.90. The van der Waals surface area contributed by atoms with Crippen LogP contribution in [0.2, 0.25) is 0 Å². The second-order valence-corrected chi connectivity index (χ2v) is 5.72. The summed E-state index contributed by atoms with van der Waals surface area (Å²) in [4.78, 5) is 14.6. The van der Waals surface area contributed by atoms with Crippen molar-refractivity contribution in [3.05, 3.63) is 35.4 Å². The summed E-state index contributed by atoms with van der Waals surface area (Å²) in [5, 5.41) is 3.34. The van der Waals surface area contributed by atoms with Gasteiger partial charge < -0.3 is 10.2 Å². The Morgan fingerprint density at radius 3 is 2.50 bits per heavy atom. The van der Waals surface area contributed by atoms with Gasteiger partial charge in [0.25, 0.3) is 5.91 Å². The van der Waals surface area contributed by atoms with E-state index < -0.39 is 0 Å². The minimum absolute atomic E-state index is 0.176. The van der Waals surface area contributed by atoms with Gasteiger partial charge in [-0.15, -0.1) is 0 Å². The fraction of sp³-hybridized carbons (Fsp3) is 0.588. The fourth-order valence-electron chi connectivity index (χ4n) is 3.14. The fourth-order valence-corrected chi connectivity index (χ4v) is 3.14. The number of nitrogens with one attached hydrogen (secondary N) is 1. The zero-order chi connectivity index (χ0) is 14.5. The monoisotopic (exact) mass is 274 g/mol. The minimum Gasteiger partial charge on any atom is -0.339 e. The predicted molar refractivity (Wildman–Crippen MR) is 83.0 cm³/mol. The summed E-state index contributed by atoms with van der Waals surface area (Å²) in [6.45, 7) is 2.10. The molecule has 0 atom stereocenters. The van der Waals surface area contributed by atoms with Gasteiger partial charge in [-0.2, -0.15) is 0 Å². The van der Waals surface area contributed by atoms with E-state index in [9.17, 15) is 4.79 Å². The number of carbonyl (C=O) groups is 1. The minimum atomic E-state index is 0.176. The third kappa shape index (κ3) is 3.21. The number of benzene rings is 1. The van der Waals surface area contributed by atoms with Gasteiger partial charge in [0.1, 0.15) is 0 Å². The lowest BCUT2D eigenvalue weighted by Crippen LogP contribution is -2.42. The highest BCUT2D eigenvalue weighted by atomic mass is 16.2. The largest absolute Gasteiger partial charge is 0.339 e. The van der Waals surface area contributed by atoms with E-state index in [4.69, 9.17) is 0 Å². The molecule has 0 aliphatic heterocycles. The highest BCUT2D eigenvalue weighted by molar-refractivity contribution is 5.95. The number of nitrogens with zero attached hydrogens (tertiary/aromatic N) is 1. The molecule has 3 heteroatoms. The van der Waals surface area contributed by atoms with Crippen LogP contribution in [0.5, 0.6) is 0 Å². The Labute approximate surface area is 122 Å². The first-order valence-electron chi connectivity index (χ1n) is 7.69. The van der Waals surface area contributed by atoms with Crippen LogP contribution in [0.25, 0.3) is 0 Å². The summed E-state index contributed by atoms with van der Waals surface area (Å²) in [5.41, 5.74) is 2.02. The average molecular weight is 274 g/mol. The van der Waals surface area contributed by atoms with E-state index in [1.165, 1.54) is 0 Å². The molecular weight excluding hydrogens is 248 g/mol. The summed E-state index contributed by atoms with van der Waals surface area (Å²) < 4.78 is 0. The van der Waals surface area contributed by atoms with E-state index in [1.54, 1.807) is 0 Å². The van der Waals surface area contributed by atoms with Crippen molar-refractivity contribution in [2.75, 3.05) is 14.1 Å². The second-order valence-electron chi connectivity index (χ2n) is 5.72. The van der Waals surface area contributed by atoms with Crippen molar-refractivity contribution >= 4 is 5.91 Å². The molecule has 0 bridgehead atoms. The van der Waals surface area contributed by atoms with Crippen LogP contribution in [-0.4, -0.2) is 37.0 Å². The van der Waals surface area contributed by atoms with Crippen LogP contribution in [0, 0.1) is 0 Å². The molecule has 0 saturated heterocycles. The van der Waals surface area contributed by atoms with Crippen molar-refractivity contribution in [1.29, 1.82) is 0 Å². The zero-order valence-corrected chi connectivity index (χ0v) is 12.9. The molecule has 0 radical (unpaired) electrons. The lowest BCUT2D eigenvalue weighted by molar-refractivity contribution is 0.0684. The topological polar surface area (TPSA) is 32.3 Å². The normalized spacial score (nSPS) is 22.6. The Bertz CT molecular complexity index is 450. The van der Waals surface area contributed by atoms with Crippen LogP contribution in [0.3, 0.4) is 0 Å². The van der Waals surface area contributed by atoms with Gasteiger partial charge in [-0.3, -0.25) is 4.79 Å². The van der Waals surface area contributed by atoms with E-state index in [0.29, 0.717) is 12.1 Å². The van der Waals surface area contributed by atoms with Crippen LogP contribution in [0.15, 0.2) is 24.3 Å². The molecule has 0 spiro atoms. The van der Waals surface area contributed by atoms with Crippen molar-refractivity contribution in [3.8, 4) is 0 Å². The van der Waals surface area contributed by atoms with Crippen LogP contribution in [0.4, 0.5) is 0 Å². The van der Waals surface area contributed by atoms with Crippen molar-refractivity contribution < 1.29 is 4.79 Å². The SMILES string of the molecule is CCc1ccccc1C(=O)N(C)C1CCC(NC)CC1. The maximum atomic E-state index is 12.7. The molecule has 20 heavy (non-hydrogen) atoms. The van der Waals surface area contributed by atoms with Gasteiger partial charge in [0.05, 0.1) is 0 Å². The van der Waals surface area contributed by atoms with Crippen LogP contribution in [-0.2, 0) is 6.42 Å². The van der Waals surface area contributed by atoms with Gasteiger partial charge in [-0.1, -0.05) is 25.1 Å². The maximum Gasteiger partial charge on any atom is 0.254 e. The molecule has 110 valence electrons. The summed E-state index contributed by atoms with van der Waals surface area (Å²) in [7, 11) is 3.98. The summed E-state index contributed by atoms with van der Waals surface area (Å²) >= 11 is 0. The number of hydrogen-bond donors (Lipinski definition) is 1. The Morgan fingerprint density at radius 1 is 1.25 bits per heavy atom. The highest BCUT2D eigenvalue weighted by Gasteiger charge is 2.27. The molecule has 0 aromatic heterocycles. The van der Waals surface area contributed by atoms with Gasteiger partial charge in [-0.05, 0) is 50.8 Å². The van der Waals surface area contributed by atoms with Crippen molar-refractivity contribution in [3.63, 3.8) is 0 Å². The first-order chi connectivity index (χ1) is 9.67. The van der Waals surface area contributed by atoms with Gasteiger partial charge in [-0.25, -0.2) is 0 Å². The summed E-state index contributed by atoms with van der Waals surface area (Å²) in [6, 6.07) is 8.98. The molecule has 0 unspecified atom stereocenters. The molecule has 1 aromatic rings. The molecule has 1 N–H and O–H groups in total. The Hall–Kier alpha value is -1.35. The summed E-state index contributed by atoms with van der Waals surface area (Å²) in [6.07, 6.45) is 5.43. The number of carbonyl (C=O) groups excluding carboxylic acids is 1. The van der Waals surface area contributed by atoms with Crippen LogP contribution >= 0.6 is 0 Å². The average Bonchev–Trinajstić information content (AvgIpc) is 2.53. The molecule has 2 rings (SSSR count). The van der Waals surface area contributed by atoms with Gasteiger partial charge >= 0.3 is 0 Å². The first kappa shape index (κ1) is 15.0. The van der Waals surface area contributed by atoms with E-state index >= 15 is 0 Å². The molecule has 1 aliphatic carbocycles. The molecule has 1 fully saturated rings. The third-order valence-corrected chi connectivity index (χ3v) is 4.60.